The van der Waals surface area contributed by atoms with Crippen LogP contribution in [0.15, 0.2) is 207 Å². The second kappa shape index (κ2) is 21.2. The summed E-state index contributed by atoms with van der Waals surface area (Å²) in [5, 5.41) is 0. The lowest BCUT2D eigenvalue weighted by molar-refractivity contribution is 0.627. The number of rotatable bonds is 15. The van der Waals surface area contributed by atoms with Crippen LogP contribution in [0.2, 0.25) is 0 Å². The molecule has 7 aromatic carbocycles. The molecule has 0 bridgehead atoms. The van der Waals surface area contributed by atoms with Crippen LogP contribution in [0.4, 0.5) is 13.2 Å². The SMILES string of the molecule is [2H]C([2H])(C)c1cc(-c2ccc(F)cc2)ncc1CCc1cc(CCc2cnc(-c3ccc(F)cc3)cc2C([2H])([2H])C)cc(-c2cc(F)ccc2-c2cnc(-c3ccccc3)cc2-c2ccc(-c3ccccc3)cc2)c1. The Bertz CT molecular complexity index is 3510. The second-order valence-electron chi connectivity index (χ2n) is 17.6. The number of pyridine rings is 3. The number of aryl methyl sites for hydroxylation is 6. The third kappa shape index (κ3) is 10.7. The number of hydrogen-bond acceptors (Lipinski definition) is 3. The van der Waals surface area contributed by atoms with Crippen LogP contribution in [0, 0.1) is 17.5 Å². The molecule has 3 aromatic heterocycles. The van der Waals surface area contributed by atoms with E-state index in [1.54, 1.807) is 54.9 Å². The Morgan fingerprint density at radius 3 is 1.28 bits per heavy atom. The molecule has 0 atom stereocenters. The molecule has 0 aliphatic heterocycles. The van der Waals surface area contributed by atoms with Crippen molar-refractivity contribution in [3.8, 4) is 78.3 Å². The summed E-state index contributed by atoms with van der Waals surface area (Å²) < 4.78 is 79.0. The van der Waals surface area contributed by atoms with E-state index in [1.165, 1.54) is 44.2 Å². The fourth-order valence-corrected chi connectivity index (χ4v) is 9.29. The summed E-state index contributed by atoms with van der Waals surface area (Å²) in [6.45, 7) is 3.04. The average Bonchev–Trinajstić information content (AvgIpc) is 3.42. The van der Waals surface area contributed by atoms with Gasteiger partial charge in [-0.05, 0) is 190 Å². The minimum Gasteiger partial charge on any atom is -0.256 e. The maximum atomic E-state index is 15.9. The molecule has 0 unspecified atom stereocenters. The molecule has 0 saturated carbocycles. The van der Waals surface area contributed by atoms with Gasteiger partial charge in [0, 0.05) is 46.3 Å². The number of aromatic nitrogens is 3. The van der Waals surface area contributed by atoms with E-state index in [2.05, 4.69) is 60.7 Å². The lowest BCUT2D eigenvalue weighted by Crippen LogP contribution is -2.02. The fraction of sp³-hybridized carbons (Fsp3) is 0.123. The van der Waals surface area contributed by atoms with Crippen LogP contribution in [0.25, 0.3) is 78.3 Å². The Morgan fingerprint density at radius 2 is 0.746 bits per heavy atom. The number of hydrogen-bond donors (Lipinski definition) is 0. The van der Waals surface area contributed by atoms with Crippen LogP contribution < -0.4 is 0 Å². The summed E-state index contributed by atoms with van der Waals surface area (Å²) in [6.07, 6.45) is 3.66. The first-order valence-corrected chi connectivity index (χ1v) is 23.8. The molecule has 71 heavy (non-hydrogen) atoms. The Hall–Kier alpha value is -8.22. The normalized spacial score (nSPS) is 12.5. The lowest BCUT2D eigenvalue weighted by Gasteiger charge is -2.18. The van der Waals surface area contributed by atoms with Crippen LogP contribution in [0.5, 0.6) is 0 Å². The van der Waals surface area contributed by atoms with Crippen molar-refractivity contribution >= 4 is 0 Å². The van der Waals surface area contributed by atoms with Crippen LogP contribution in [-0.4, -0.2) is 15.0 Å². The van der Waals surface area contributed by atoms with Crippen molar-refractivity contribution in [1.82, 2.24) is 15.0 Å². The van der Waals surface area contributed by atoms with Gasteiger partial charge >= 0.3 is 0 Å². The largest absolute Gasteiger partial charge is 0.256 e. The zero-order valence-electron chi connectivity index (χ0n) is 43.4. The van der Waals surface area contributed by atoms with Crippen molar-refractivity contribution in [2.24, 2.45) is 0 Å². The molecule has 0 radical (unpaired) electrons. The maximum Gasteiger partial charge on any atom is 0.123 e. The third-order valence-electron chi connectivity index (χ3n) is 13.1. The highest BCUT2D eigenvalue weighted by atomic mass is 19.1. The quantitative estimate of drug-likeness (QED) is 0.103. The van der Waals surface area contributed by atoms with Crippen LogP contribution in [-0.2, 0) is 38.4 Å². The van der Waals surface area contributed by atoms with Crippen molar-refractivity contribution < 1.29 is 18.7 Å². The van der Waals surface area contributed by atoms with Gasteiger partial charge in [0.15, 0.2) is 0 Å². The predicted molar refractivity (Wildman–Crippen MR) is 284 cm³/mol. The van der Waals surface area contributed by atoms with E-state index in [0.29, 0.717) is 64.9 Å². The Kier molecular flexibility index (Phi) is 12.5. The molecule has 0 N–H and O–H groups in total. The first-order valence-electron chi connectivity index (χ1n) is 25.8. The Morgan fingerprint density at radius 1 is 0.324 bits per heavy atom. The molecule has 0 fully saturated rings. The molecule has 0 aliphatic rings. The first-order chi connectivity index (χ1) is 36.1. The van der Waals surface area contributed by atoms with Gasteiger partial charge in [0.2, 0.25) is 0 Å². The van der Waals surface area contributed by atoms with Crippen LogP contribution >= 0.6 is 0 Å². The summed E-state index contributed by atoms with van der Waals surface area (Å²) >= 11 is 0. The zero-order chi connectivity index (χ0) is 52.3. The molecule has 10 rings (SSSR count). The van der Waals surface area contributed by atoms with Crippen LogP contribution in [0.3, 0.4) is 0 Å². The standard InChI is InChI=1S/C65H52F3N3/c1-3-45-36-63(51-23-27-56(66)28-24-51)69-40-53(45)17-15-43-33-44(16-18-54-41-70-64(37-46(54)4-2)52-25-29-57(67)30-26-52)35-55(34-43)60-38-58(68)31-32-59(60)62-42-71-65(50-13-9-6-10-14-50)39-61(62)49-21-19-48(20-22-49)47-11-7-5-8-12-47/h5-14,19-42H,3-4,15-18H2,1-2H3/i3D2,4D2. The van der Waals surface area contributed by atoms with E-state index in [0.717, 1.165) is 72.5 Å². The monoisotopic (exact) mass is 935 g/mol. The molecule has 0 aliphatic carbocycles. The van der Waals surface area contributed by atoms with E-state index < -0.39 is 18.6 Å². The molecule has 6 heteroatoms. The van der Waals surface area contributed by atoms with Crippen molar-refractivity contribution in [1.29, 1.82) is 0 Å². The third-order valence-corrected chi connectivity index (χ3v) is 13.1. The molecule has 3 heterocycles. The summed E-state index contributed by atoms with van der Waals surface area (Å²) in [7, 11) is 0. The van der Waals surface area contributed by atoms with Gasteiger partial charge in [-0.25, -0.2) is 13.2 Å². The highest BCUT2D eigenvalue weighted by Crippen LogP contribution is 2.41. The first kappa shape index (κ1) is 41.7. The smallest absolute Gasteiger partial charge is 0.123 e. The van der Waals surface area contributed by atoms with Gasteiger partial charge in [0.25, 0.3) is 0 Å². The van der Waals surface area contributed by atoms with Gasteiger partial charge in [0.05, 0.1) is 17.1 Å². The molecule has 0 amide bonds. The molecule has 348 valence electrons. The van der Waals surface area contributed by atoms with Gasteiger partial charge in [-0.15, -0.1) is 0 Å². The number of nitrogens with zero attached hydrogens (tertiary/aromatic N) is 3. The molecule has 0 saturated heterocycles. The van der Waals surface area contributed by atoms with Crippen molar-refractivity contribution in [3.63, 3.8) is 0 Å². The number of halogens is 3. The van der Waals surface area contributed by atoms with Gasteiger partial charge in [-0.3, -0.25) is 15.0 Å². The number of benzene rings is 7. The average molecular weight is 936 g/mol. The molecule has 0 spiro atoms. The molecule has 3 nitrogen and oxygen atoms in total. The summed E-state index contributed by atoms with van der Waals surface area (Å²) in [5.41, 5.74) is 15.5. The van der Waals surface area contributed by atoms with Crippen molar-refractivity contribution in [2.75, 3.05) is 0 Å². The van der Waals surface area contributed by atoms with E-state index in [1.807, 2.05) is 60.8 Å². The van der Waals surface area contributed by atoms with Crippen molar-refractivity contribution in [2.45, 2.75) is 52.3 Å². The summed E-state index contributed by atoms with van der Waals surface area (Å²) in [5.74, 6) is -1.15. The highest BCUT2D eigenvalue weighted by molar-refractivity contribution is 5.93. The summed E-state index contributed by atoms with van der Waals surface area (Å²) in [6, 6.07) is 57.3. The van der Waals surface area contributed by atoms with E-state index in [4.69, 9.17) is 20.4 Å². The van der Waals surface area contributed by atoms with Crippen LogP contribution in [0.1, 0.15) is 52.7 Å². The maximum absolute atomic E-state index is 15.9. The molecular weight excluding hydrogens is 880 g/mol. The van der Waals surface area contributed by atoms with Gasteiger partial charge < -0.3 is 0 Å². The lowest BCUT2D eigenvalue weighted by atomic mass is 9.87. The zero-order valence-corrected chi connectivity index (χ0v) is 39.4. The Labute approximate surface area is 420 Å². The highest BCUT2D eigenvalue weighted by Gasteiger charge is 2.19. The van der Waals surface area contributed by atoms with E-state index in [-0.39, 0.29) is 11.6 Å². The van der Waals surface area contributed by atoms with E-state index >= 15 is 4.39 Å². The topological polar surface area (TPSA) is 38.7 Å². The fourth-order valence-electron chi connectivity index (χ4n) is 9.29. The van der Waals surface area contributed by atoms with Gasteiger partial charge in [0.1, 0.15) is 17.5 Å². The second-order valence-corrected chi connectivity index (χ2v) is 17.6. The minimum atomic E-state index is -1.72. The van der Waals surface area contributed by atoms with Gasteiger partial charge in [-0.2, -0.15) is 0 Å². The molecule has 10 aromatic rings. The Balaban J connectivity index is 1.08. The minimum absolute atomic E-state index is 0.372. The van der Waals surface area contributed by atoms with Crippen molar-refractivity contribution in [3.05, 3.63) is 257 Å². The van der Waals surface area contributed by atoms with Gasteiger partial charge in [-0.1, -0.05) is 123 Å². The molecular formula is C65H52F3N3. The predicted octanol–water partition coefficient (Wildman–Crippen LogP) is 16.7. The van der Waals surface area contributed by atoms with E-state index in [9.17, 15) is 8.78 Å². The summed E-state index contributed by atoms with van der Waals surface area (Å²) in [4.78, 5) is 14.4.